The normalized spacial score (nSPS) is 11.5. The van der Waals surface area contributed by atoms with Crippen molar-refractivity contribution in [3.8, 4) is 0 Å². The molecule has 0 aliphatic rings. The van der Waals surface area contributed by atoms with Gasteiger partial charge in [0.2, 0.25) is 0 Å². The van der Waals surface area contributed by atoms with Gasteiger partial charge in [-0.25, -0.2) is 9.59 Å². The third-order valence-electron chi connectivity index (χ3n) is 4.27. The molecule has 7 heteroatoms. The van der Waals surface area contributed by atoms with Crippen molar-refractivity contribution < 1.29 is 19.1 Å². The number of ether oxygens (including phenoxy) is 1. The summed E-state index contributed by atoms with van der Waals surface area (Å²) in [5, 5.41) is 7.90. The largest absolute Gasteiger partial charge is 0.454 e. The molecule has 29 heavy (non-hydrogen) atoms. The summed E-state index contributed by atoms with van der Waals surface area (Å²) in [7, 11) is 0. The van der Waals surface area contributed by atoms with Crippen molar-refractivity contribution in [1.29, 1.82) is 0 Å². The van der Waals surface area contributed by atoms with Crippen LogP contribution in [0.25, 0.3) is 0 Å². The van der Waals surface area contributed by atoms with E-state index in [1.165, 1.54) is 6.92 Å². The first kappa shape index (κ1) is 21.9. The molecule has 2 aromatic rings. The topological polar surface area (TPSA) is 96.5 Å². The number of hydrogen-bond acceptors (Lipinski definition) is 4. The smallest absolute Gasteiger partial charge is 0.328 e. The molecule has 0 aliphatic heterocycles. The SMILES string of the molecule is Cc1cccc(C(C)C)c1NC(=O)COC(=O)[C@H](C)NC(=O)Nc1ccccc1. The molecular weight excluding hydrogens is 370 g/mol. The zero-order valence-electron chi connectivity index (χ0n) is 17.1. The summed E-state index contributed by atoms with van der Waals surface area (Å²) in [4.78, 5) is 36.3. The van der Waals surface area contributed by atoms with Crippen molar-refractivity contribution in [3.63, 3.8) is 0 Å². The van der Waals surface area contributed by atoms with Crippen molar-refractivity contribution in [1.82, 2.24) is 5.32 Å². The molecule has 0 spiro atoms. The Bertz CT molecular complexity index is 866. The molecule has 154 valence electrons. The maximum absolute atomic E-state index is 12.2. The third-order valence-corrected chi connectivity index (χ3v) is 4.27. The first-order valence-corrected chi connectivity index (χ1v) is 9.46. The van der Waals surface area contributed by atoms with Crippen LogP contribution in [-0.4, -0.2) is 30.6 Å². The average molecular weight is 397 g/mol. The number of esters is 1. The summed E-state index contributed by atoms with van der Waals surface area (Å²) in [6.45, 7) is 7.04. The minimum absolute atomic E-state index is 0.236. The van der Waals surface area contributed by atoms with Gasteiger partial charge in [-0.3, -0.25) is 4.79 Å². The number of hydrogen-bond donors (Lipinski definition) is 3. The van der Waals surface area contributed by atoms with E-state index in [1.807, 2.05) is 45.0 Å². The number of carbonyl (C=O) groups excluding carboxylic acids is 3. The van der Waals surface area contributed by atoms with Crippen molar-refractivity contribution in [2.75, 3.05) is 17.2 Å². The molecule has 1 atom stereocenters. The summed E-state index contributed by atoms with van der Waals surface area (Å²) in [6.07, 6.45) is 0. The van der Waals surface area contributed by atoms with E-state index in [0.717, 1.165) is 16.8 Å². The van der Waals surface area contributed by atoms with E-state index in [1.54, 1.807) is 24.3 Å². The van der Waals surface area contributed by atoms with E-state index in [-0.39, 0.29) is 5.92 Å². The van der Waals surface area contributed by atoms with Gasteiger partial charge in [-0.1, -0.05) is 50.2 Å². The maximum Gasteiger partial charge on any atom is 0.328 e. The van der Waals surface area contributed by atoms with Crippen LogP contribution in [0, 0.1) is 6.92 Å². The van der Waals surface area contributed by atoms with Crippen LogP contribution in [0.5, 0.6) is 0 Å². The highest BCUT2D eigenvalue weighted by atomic mass is 16.5. The van der Waals surface area contributed by atoms with Gasteiger partial charge in [0.1, 0.15) is 6.04 Å². The second-order valence-corrected chi connectivity index (χ2v) is 7.04. The van der Waals surface area contributed by atoms with Gasteiger partial charge in [0.05, 0.1) is 0 Å². The third kappa shape index (κ3) is 6.64. The number of aryl methyl sites for hydroxylation is 1. The van der Waals surface area contributed by atoms with Crippen LogP contribution in [-0.2, 0) is 14.3 Å². The molecule has 0 radical (unpaired) electrons. The fourth-order valence-corrected chi connectivity index (χ4v) is 2.72. The summed E-state index contributed by atoms with van der Waals surface area (Å²) < 4.78 is 5.04. The van der Waals surface area contributed by atoms with Gasteiger partial charge in [0.15, 0.2) is 6.61 Å². The number of carbonyl (C=O) groups is 3. The quantitative estimate of drug-likeness (QED) is 0.619. The van der Waals surface area contributed by atoms with E-state index in [2.05, 4.69) is 16.0 Å². The highest BCUT2D eigenvalue weighted by molar-refractivity contribution is 5.95. The lowest BCUT2D eigenvalue weighted by molar-refractivity contribution is -0.148. The minimum Gasteiger partial charge on any atom is -0.454 e. The highest BCUT2D eigenvalue weighted by Crippen LogP contribution is 2.27. The van der Waals surface area contributed by atoms with Crippen LogP contribution in [0.2, 0.25) is 0 Å². The number of benzene rings is 2. The van der Waals surface area contributed by atoms with Crippen molar-refractivity contribution in [3.05, 3.63) is 59.7 Å². The summed E-state index contributed by atoms with van der Waals surface area (Å²) >= 11 is 0. The maximum atomic E-state index is 12.2. The molecule has 0 heterocycles. The van der Waals surface area contributed by atoms with E-state index < -0.39 is 30.6 Å². The van der Waals surface area contributed by atoms with E-state index >= 15 is 0 Å². The van der Waals surface area contributed by atoms with Gasteiger partial charge >= 0.3 is 12.0 Å². The summed E-state index contributed by atoms with van der Waals surface area (Å²) in [6, 6.07) is 13.2. The molecule has 3 amide bonds. The second-order valence-electron chi connectivity index (χ2n) is 7.04. The predicted molar refractivity (Wildman–Crippen MR) is 113 cm³/mol. The van der Waals surface area contributed by atoms with Gasteiger partial charge in [-0.05, 0) is 43.0 Å². The molecule has 0 saturated carbocycles. The van der Waals surface area contributed by atoms with Gasteiger partial charge in [0.25, 0.3) is 5.91 Å². The molecule has 0 aliphatic carbocycles. The lowest BCUT2D eigenvalue weighted by atomic mass is 9.98. The first-order chi connectivity index (χ1) is 13.8. The summed E-state index contributed by atoms with van der Waals surface area (Å²) in [5.74, 6) is -0.896. The van der Waals surface area contributed by atoms with Crippen LogP contribution in [0.15, 0.2) is 48.5 Å². The second kappa shape index (κ2) is 10.3. The predicted octanol–water partition coefficient (Wildman–Crippen LogP) is 3.81. The Hall–Kier alpha value is -3.35. The van der Waals surface area contributed by atoms with Gasteiger partial charge in [0, 0.05) is 11.4 Å². The fourth-order valence-electron chi connectivity index (χ4n) is 2.72. The number of anilines is 2. The number of para-hydroxylation sites is 2. The Morgan fingerprint density at radius 3 is 2.28 bits per heavy atom. The first-order valence-electron chi connectivity index (χ1n) is 9.46. The molecule has 2 rings (SSSR count). The van der Waals surface area contributed by atoms with Gasteiger partial charge in [-0.2, -0.15) is 0 Å². The van der Waals surface area contributed by atoms with Crippen molar-refractivity contribution in [2.24, 2.45) is 0 Å². The van der Waals surface area contributed by atoms with Crippen LogP contribution < -0.4 is 16.0 Å². The van der Waals surface area contributed by atoms with Crippen LogP contribution >= 0.6 is 0 Å². The molecule has 0 fully saturated rings. The lowest BCUT2D eigenvalue weighted by Crippen LogP contribution is -2.42. The van der Waals surface area contributed by atoms with Crippen molar-refractivity contribution in [2.45, 2.75) is 39.7 Å². The Morgan fingerprint density at radius 2 is 1.62 bits per heavy atom. The molecule has 2 aromatic carbocycles. The van der Waals surface area contributed by atoms with E-state index in [0.29, 0.717) is 5.69 Å². The van der Waals surface area contributed by atoms with Crippen LogP contribution in [0.1, 0.15) is 37.8 Å². The number of urea groups is 1. The van der Waals surface area contributed by atoms with Gasteiger partial charge < -0.3 is 20.7 Å². The van der Waals surface area contributed by atoms with E-state index in [4.69, 9.17) is 4.74 Å². The molecule has 3 N–H and O–H groups in total. The molecule has 0 bridgehead atoms. The highest BCUT2D eigenvalue weighted by Gasteiger charge is 2.19. The van der Waals surface area contributed by atoms with Crippen molar-refractivity contribution >= 4 is 29.3 Å². The Balaban J connectivity index is 1.84. The Morgan fingerprint density at radius 1 is 0.931 bits per heavy atom. The van der Waals surface area contributed by atoms with Crippen LogP contribution in [0.3, 0.4) is 0 Å². The minimum atomic E-state index is -0.906. The zero-order chi connectivity index (χ0) is 21.4. The Kier molecular flexibility index (Phi) is 7.77. The molecule has 0 aromatic heterocycles. The fraction of sp³-hybridized carbons (Fsp3) is 0.318. The molecule has 0 unspecified atom stereocenters. The number of rotatable bonds is 7. The van der Waals surface area contributed by atoms with Gasteiger partial charge in [-0.15, -0.1) is 0 Å². The lowest BCUT2D eigenvalue weighted by Gasteiger charge is -2.17. The number of amides is 3. The number of nitrogens with one attached hydrogen (secondary N) is 3. The summed E-state index contributed by atoms with van der Waals surface area (Å²) in [5.41, 5.74) is 3.28. The molecule has 0 saturated heterocycles. The average Bonchev–Trinajstić information content (AvgIpc) is 2.68. The standard InChI is InChI=1S/C22H27N3O4/c1-14(2)18-12-8-9-15(3)20(18)25-19(26)13-29-21(27)16(4)23-22(28)24-17-10-6-5-7-11-17/h5-12,14,16H,13H2,1-4H3,(H,25,26)(H2,23,24,28)/t16-/m0/s1. The Labute approximate surface area is 170 Å². The van der Waals surface area contributed by atoms with E-state index in [9.17, 15) is 14.4 Å². The van der Waals surface area contributed by atoms with Crippen LogP contribution in [0.4, 0.5) is 16.2 Å². The molecule has 7 nitrogen and oxygen atoms in total. The molecular formula is C22H27N3O4. The zero-order valence-corrected chi connectivity index (χ0v) is 17.1. The monoisotopic (exact) mass is 397 g/mol.